The Kier molecular flexibility index (Phi) is 5.68. The molecule has 0 aliphatic rings. The summed E-state index contributed by atoms with van der Waals surface area (Å²) in [5.41, 5.74) is 2.78. The van der Waals surface area contributed by atoms with Crippen LogP contribution >= 0.6 is 35.0 Å². The highest BCUT2D eigenvalue weighted by Gasteiger charge is 2.11. The first-order chi connectivity index (χ1) is 12.0. The summed E-state index contributed by atoms with van der Waals surface area (Å²) in [6.45, 7) is 0. The van der Waals surface area contributed by atoms with Gasteiger partial charge in [0.1, 0.15) is 11.5 Å². The molecule has 1 heterocycles. The monoisotopic (exact) mass is 393 g/mol. The van der Waals surface area contributed by atoms with Gasteiger partial charge in [-0.2, -0.15) is 0 Å². The van der Waals surface area contributed by atoms with Gasteiger partial charge < -0.3 is 9.63 Å². The zero-order chi connectivity index (χ0) is 17.8. The van der Waals surface area contributed by atoms with Crippen molar-refractivity contribution in [1.82, 2.24) is 5.16 Å². The maximum atomic E-state index is 10.8. The molecule has 3 rings (SSSR count). The number of carboxylic acid groups (broad SMARTS) is 1. The summed E-state index contributed by atoms with van der Waals surface area (Å²) >= 11 is 13.7. The van der Waals surface area contributed by atoms with Gasteiger partial charge in [-0.1, -0.05) is 40.5 Å². The van der Waals surface area contributed by atoms with Crippen LogP contribution in [0.15, 0.2) is 53.1 Å². The average Bonchev–Trinajstić information content (AvgIpc) is 3.04. The van der Waals surface area contributed by atoms with Crippen molar-refractivity contribution in [3.63, 3.8) is 0 Å². The molecule has 0 saturated carbocycles. The number of carbonyl (C=O) groups is 1. The lowest BCUT2D eigenvalue weighted by atomic mass is 10.1. The standard InChI is InChI=1S/C18H13Cl2NO3S/c19-13-5-6-15(16(20)7-13)17-8-14(24-21-17)10-25-9-11-1-3-12(4-2-11)18(22)23/h1-8H,9-10H2,(H,22,23). The van der Waals surface area contributed by atoms with E-state index in [2.05, 4.69) is 5.16 Å². The van der Waals surface area contributed by atoms with E-state index < -0.39 is 5.97 Å². The van der Waals surface area contributed by atoms with E-state index in [1.165, 1.54) is 0 Å². The number of carboxylic acids is 1. The first-order valence-corrected chi connectivity index (χ1v) is 9.25. The zero-order valence-electron chi connectivity index (χ0n) is 12.9. The number of hydrogen-bond donors (Lipinski definition) is 1. The summed E-state index contributed by atoms with van der Waals surface area (Å²) < 4.78 is 5.35. The molecule has 0 radical (unpaired) electrons. The Balaban J connectivity index is 1.59. The van der Waals surface area contributed by atoms with Crippen LogP contribution in [0.2, 0.25) is 10.0 Å². The maximum Gasteiger partial charge on any atom is 0.335 e. The third-order valence-electron chi connectivity index (χ3n) is 3.48. The van der Waals surface area contributed by atoms with E-state index in [9.17, 15) is 4.79 Å². The summed E-state index contributed by atoms with van der Waals surface area (Å²) in [6, 6.07) is 13.9. The molecule has 4 nitrogen and oxygen atoms in total. The molecular weight excluding hydrogens is 381 g/mol. The van der Waals surface area contributed by atoms with Crippen LogP contribution in [0.1, 0.15) is 21.7 Å². The molecule has 0 bridgehead atoms. The minimum atomic E-state index is -0.922. The van der Waals surface area contributed by atoms with Gasteiger partial charge in [0.2, 0.25) is 0 Å². The van der Waals surface area contributed by atoms with Crippen molar-refractivity contribution >= 4 is 40.9 Å². The number of hydrogen-bond acceptors (Lipinski definition) is 4. The highest BCUT2D eigenvalue weighted by molar-refractivity contribution is 7.97. The van der Waals surface area contributed by atoms with E-state index in [0.717, 1.165) is 22.6 Å². The largest absolute Gasteiger partial charge is 0.478 e. The fraction of sp³-hybridized carbons (Fsp3) is 0.111. The molecule has 0 unspecified atom stereocenters. The van der Waals surface area contributed by atoms with Gasteiger partial charge in [0.25, 0.3) is 0 Å². The van der Waals surface area contributed by atoms with Crippen LogP contribution < -0.4 is 0 Å². The predicted molar refractivity (Wildman–Crippen MR) is 100 cm³/mol. The first kappa shape index (κ1) is 17.9. The van der Waals surface area contributed by atoms with E-state index >= 15 is 0 Å². The van der Waals surface area contributed by atoms with Crippen LogP contribution in [0, 0.1) is 0 Å². The highest BCUT2D eigenvalue weighted by atomic mass is 35.5. The summed E-state index contributed by atoms with van der Waals surface area (Å²) in [5.74, 6) is 1.22. The lowest BCUT2D eigenvalue weighted by Gasteiger charge is -2.01. The van der Waals surface area contributed by atoms with Crippen LogP contribution in [0.5, 0.6) is 0 Å². The molecule has 1 N–H and O–H groups in total. The number of rotatable bonds is 6. The van der Waals surface area contributed by atoms with E-state index in [1.807, 2.05) is 24.3 Å². The summed E-state index contributed by atoms with van der Waals surface area (Å²) in [4.78, 5) is 10.8. The van der Waals surface area contributed by atoms with Crippen LogP contribution in [0.25, 0.3) is 11.3 Å². The van der Waals surface area contributed by atoms with Crippen LogP contribution in [0.4, 0.5) is 0 Å². The molecule has 2 aromatic carbocycles. The molecule has 0 spiro atoms. The normalized spacial score (nSPS) is 10.8. The molecule has 3 aromatic rings. The summed E-state index contributed by atoms with van der Waals surface area (Å²) in [5, 5.41) is 14.0. The summed E-state index contributed by atoms with van der Waals surface area (Å²) in [7, 11) is 0. The zero-order valence-corrected chi connectivity index (χ0v) is 15.2. The second kappa shape index (κ2) is 7.95. The molecule has 1 aromatic heterocycles. The topological polar surface area (TPSA) is 63.3 Å². The van der Waals surface area contributed by atoms with E-state index in [0.29, 0.717) is 21.5 Å². The smallest absolute Gasteiger partial charge is 0.335 e. The Labute approximate surface area is 158 Å². The first-order valence-electron chi connectivity index (χ1n) is 7.34. The van der Waals surface area contributed by atoms with Crippen molar-refractivity contribution in [2.75, 3.05) is 0 Å². The highest BCUT2D eigenvalue weighted by Crippen LogP contribution is 2.30. The van der Waals surface area contributed by atoms with Gasteiger partial charge in [-0.05, 0) is 35.9 Å². The van der Waals surface area contributed by atoms with Gasteiger partial charge in [0, 0.05) is 22.4 Å². The number of nitrogens with zero attached hydrogens (tertiary/aromatic N) is 1. The van der Waals surface area contributed by atoms with Gasteiger partial charge in [-0.25, -0.2) is 4.79 Å². The lowest BCUT2D eigenvalue weighted by Crippen LogP contribution is -1.95. The summed E-state index contributed by atoms with van der Waals surface area (Å²) in [6.07, 6.45) is 0. The van der Waals surface area contributed by atoms with Crippen LogP contribution in [-0.2, 0) is 11.5 Å². The van der Waals surface area contributed by atoms with Gasteiger partial charge >= 0.3 is 5.97 Å². The minimum Gasteiger partial charge on any atom is -0.478 e. The molecule has 25 heavy (non-hydrogen) atoms. The number of aromatic nitrogens is 1. The molecule has 128 valence electrons. The fourth-order valence-electron chi connectivity index (χ4n) is 2.22. The Morgan fingerprint density at radius 1 is 1.08 bits per heavy atom. The van der Waals surface area contributed by atoms with Crippen molar-refractivity contribution in [1.29, 1.82) is 0 Å². The van der Waals surface area contributed by atoms with E-state index in [1.54, 1.807) is 36.0 Å². The molecule has 0 fully saturated rings. The molecule has 0 amide bonds. The lowest BCUT2D eigenvalue weighted by molar-refractivity contribution is 0.0697. The van der Waals surface area contributed by atoms with Gasteiger partial charge in [-0.15, -0.1) is 11.8 Å². The van der Waals surface area contributed by atoms with Crippen molar-refractivity contribution < 1.29 is 14.4 Å². The van der Waals surface area contributed by atoms with Crippen molar-refractivity contribution in [2.24, 2.45) is 0 Å². The second-order valence-corrected chi connectivity index (χ2v) is 7.13. The van der Waals surface area contributed by atoms with Gasteiger partial charge in [0.15, 0.2) is 0 Å². The average molecular weight is 394 g/mol. The SMILES string of the molecule is O=C(O)c1ccc(CSCc2cc(-c3ccc(Cl)cc3Cl)no2)cc1. The van der Waals surface area contributed by atoms with Crippen LogP contribution in [0.3, 0.4) is 0 Å². The number of aromatic carboxylic acids is 1. The van der Waals surface area contributed by atoms with E-state index in [4.69, 9.17) is 32.8 Å². The maximum absolute atomic E-state index is 10.8. The van der Waals surface area contributed by atoms with Crippen molar-refractivity contribution in [3.8, 4) is 11.3 Å². The van der Waals surface area contributed by atoms with Crippen LogP contribution in [-0.4, -0.2) is 16.2 Å². The number of benzene rings is 2. The molecule has 0 aliphatic carbocycles. The number of halogens is 2. The Morgan fingerprint density at radius 3 is 2.52 bits per heavy atom. The molecule has 0 aliphatic heterocycles. The fourth-order valence-corrected chi connectivity index (χ4v) is 3.59. The Morgan fingerprint density at radius 2 is 1.84 bits per heavy atom. The Bertz CT molecular complexity index is 894. The van der Waals surface area contributed by atoms with Gasteiger partial charge in [-0.3, -0.25) is 0 Å². The third kappa shape index (κ3) is 4.57. The number of thioether (sulfide) groups is 1. The minimum absolute atomic E-state index is 0.286. The molecule has 0 atom stereocenters. The van der Waals surface area contributed by atoms with Crippen molar-refractivity contribution in [3.05, 3.63) is 75.5 Å². The molecule has 0 saturated heterocycles. The van der Waals surface area contributed by atoms with Crippen molar-refractivity contribution in [2.45, 2.75) is 11.5 Å². The van der Waals surface area contributed by atoms with E-state index in [-0.39, 0.29) is 5.56 Å². The molecule has 7 heteroatoms. The predicted octanol–water partition coefficient (Wildman–Crippen LogP) is 5.78. The molecular formula is C18H13Cl2NO3S. The van der Waals surface area contributed by atoms with Gasteiger partial charge in [0.05, 0.1) is 16.3 Å². The third-order valence-corrected chi connectivity index (χ3v) is 5.05. The Hall–Kier alpha value is -1.95. The second-order valence-electron chi connectivity index (χ2n) is 5.30. The quantitative estimate of drug-likeness (QED) is 0.574.